The van der Waals surface area contributed by atoms with Crippen molar-refractivity contribution in [1.29, 1.82) is 0 Å². The van der Waals surface area contributed by atoms with Gasteiger partial charge in [0, 0.05) is 3.92 Å². The van der Waals surface area contributed by atoms with E-state index in [2.05, 4.69) is 35.2 Å². The second-order valence-corrected chi connectivity index (χ2v) is 4.12. The molecule has 0 bridgehead atoms. The van der Waals surface area contributed by atoms with E-state index in [1.54, 1.807) is 0 Å². The lowest BCUT2D eigenvalue weighted by atomic mass is 10.00. The molecule has 0 spiro atoms. The van der Waals surface area contributed by atoms with Gasteiger partial charge >= 0.3 is 0 Å². The Morgan fingerprint density at radius 2 is 2.56 bits per heavy atom. The molecular formula is C8H11I. The molecule has 0 aromatic rings. The molecule has 1 aliphatic carbocycles. The lowest BCUT2D eigenvalue weighted by molar-refractivity contribution is 0.751. The SMILES string of the molecule is C=CC1=CCC(I)CC1. The highest BCUT2D eigenvalue weighted by molar-refractivity contribution is 14.1. The summed E-state index contributed by atoms with van der Waals surface area (Å²) in [6.07, 6.45) is 8.08. The van der Waals surface area contributed by atoms with E-state index < -0.39 is 0 Å². The average molecular weight is 234 g/mol. The van der Waals surface area contributed by atoms with Gasteiger partial charge < -0.3 is 0 Å². The lowest BCUT2D eigenvalue weighted by Crippen LogP contribution is -2.01. The summed E-state index contributed by atoms with van der Waals surface area (Å²) in [6.45, 7) is 3.74. The minimum Gasteiger partial charge on any atom is -0.0988 e. The maximum absolute atomic E-state index is 3.74. The van der Waals surface area contributed by atoms with Gasteiger partial charge in [0.25, 0.3) is 0 Å². The fraction of sp³-hybridized carbons (Fsp3) is 0.500. The molecule has 9 heavy (non-hydrogen) atoms. The minimum atomic E-state index is 0.867. The fourth-order valence-corrected chi connectivity index (χ4v) is 1.57. The standard InChI is InChI=1S/C8H11I/c1-2-7-3-5-8(9)6-4-7/h2-3,8H,1,4-6H2. The predicted octanol–water partition coefficient (Wildman–Crippen LogP) is 3.09. The van der Waals surface area contributed by atoms with Crippen LogP contribution in [0.2, 0.25) is 0 Å². The second-order valence-electron chi connectivity index (χ2n) is 2.35. The molecule has 1 atom stereocenters. The smallest absolute Gasteiger partial charge is 0.0147 e. The van der Waals surface area contributed by atoms with Crippen molar-refractivity contribution in [2.45, 2.75) is 23.2 Å². The van der Waals surface area contributed by atoms with E-state index in [0.717, 1.165) is 3.92 Å². The summed E-state index contributed by atoms with van der Waals surface area (Å²) in [5.41, 5.74) is 1.43. The number of hydrogen-bond acceptors (Lipinski definition) is 0. The van der Waals surface area contributed by atoms with Crippen molar-refractivity contribution in [3.63, 3.8) is 0 Å². The van der Waals surface area contributed by atoms with E-state index in [-0.39, 0.29) is 0 Å². The third kappa shape index (κ3) is 2.12. The molecule has 0 aliphatic heterocycles. The highest BCUT2D eigenvalue weighted by atomic mass is 127. The van der Waals surface area contributed by atoms with E-state index in [1.807, 2.05) is 6.08 Å². The van der Waals surface area contributed by atoms with Crippen molar-refractivity contribution < 1.29 is 0 Å². The van der Waals surface area contributed by atoms with E-state index in [9.17, 15) is 0 Å². The Morgan fingerprint density at radius 3 is 3.00 bits per heavy atom. The van der Waals surface area contributed by atoms with Crippen molar-refractivity contribution in [2.24, 2.45) is 0 Å². The quantitative estimate of drug-likeness (QED) is 0.483. The van der Waals surface area contributed by atoms with E-state index in [0.29, 0.717) is 0 Å². The first kappa shape index (κ1) is 7.32. The van der Waals surface area contributed by atoms with Crippen LogP contribution < -0.4 is 0 Å². The number of halogens is 1. The summed E-state index contributed by atoms with van der Waals surface area (Å²) in [4.78, 5) is 0. The summed E-state index contributed by atoms with van der Waals surface area (Å²) >= 11 is 2.50. The van der Waals surface area contributed by atoms with Gasteiger partial charge in [0.05, 0.1) is 0 Å². The Balaban J connectivity index is 2.49. The second kappa shape index (κ2) is 3.40. The molecule has 50 valence electrons. The number of rotatable bonds is 1. The van der Waals surface area contributed by atoms with Crippen LogP contribution in [-0.2, 0) is 0 Å². The third-order valence-electron chi connectivity index (χ3n) is 1.64. The van der Waals surface area contributed by atoms with Crippen molar-refractivity contribution in [3.8, 4) is 0 Å². The van der Waals surface area contributed by atoms with Crippen LogP contribution in [0.5, 0.6) is 0 Å². The van der Waals surface area contributed by atoms with Gasteiger partial charge in [-0.1, -0.05) is 46.9 Å². The van der Waals surface area contributed by atoms with Crippen LogP contribution in [-0.4, -0.2) is 3.92 Å². The van der Waals surface area contributed by atoms with Gasteiger partial charge in [0.2, 0.25) is 0 Å². The molecule has 0 amide bonds. The Bertz CT molecular complexity index is 136. The molecule has 0 radical (unpaired) electrons. The normalized spacial score (nSPS) is 27.2. The first-order chi connectivity index (χ1) is 4.33. The molecule has 0 fully saturated rings. The van der Waals surface area contributed by atoms with Crippen molar-refractivity contribution >= 4 is 22.6 Å². The third-order valence-corrected chi connectivity index (χ3v) is 2.78. The lowest BCUT2D eigenvalue weighted by Gasteiger charge is -2.13. The minimum absolute atomic E-state index is 0.867. The summed E-state index contributed by atoms with van der Waals surface area (Å²) in [5, 5.41) is 0. The van der Waals surface area contributed by atoms with E-state index in [4.69, 9.17) is 0 Å². The zero-order valence-electron chi connectivity index (χ0n) is 5.44. The molecule has 0 aromatic heterocycles. The van der Waals surface area contributed by atoms with E-state index >= 15 is 0 Å². The van der Waals surface area contributed by atoms with Gasteiger partial charge in [0.15, 0.2) is 0 Å². The summed E-state index contributed by atoms with van der Waals surface area (Å²) < 4.78 is 0.867. The van der Waals surface area contributed by atoms with Crippen LogP contribution in [0.15, 0.2) is 24.3 Å². The molecule has 0 nitrogen and oxygen atoms in total. The maximum Gasteiger partial charge on any atom is 0.0147 e. The molecular weight excluding hydrogens is 223 g/mol. The van der Waals surface area contributed by atoms with Crippen LogP contribution in [0.4, 0.5) is 0 Å². The van der Waals surface area contributed by atoms with Gasteiger partial charge in [-0.2, -0.15) is 0 Å². The fourth-order valence-electron chi connectivity index (χ4n) is 1.01. The molecule has 1 rings (SSSR count). The molecule has 0 heterocycles. The number of alkyl halides is 1. The maximum atomic E-state index is 3.74. The van der Waals surface area contributed by atoms with Crippen molar-refractivity contribution in [1.82, 2.24) is 0 Å². The van der Waals surface area contributed by atoms with Gasteiger partial charge in [-0.3, -0.25) is 0 Å². The predicted molar refractivity (Wildman–Crippen MR) is 49.9 cm³/mol. The monoisotopic (exact) mass is 234 g/mol. The van der Waals surface area contributed by atoms with Crippen LogP contribution in [0, 0.1) is 0 Å². The van der Waals surface area contributed by atoms with E-state index in [1.165, 1.54) is 24.8 Å². The first-order valence-corrected chi connectivity index (χ1v) is 4.53. The molecule has 0 aromatic carbocycles. The number of allylic oxidation sites excluding steroid dienone is 3. The molecule has 1 aliphatic rings. The highest BCUT2D eigenvalue weighted by Gasteiger charge is 2.07. The van der Waals surface area contributed by atoms with Gasteiger partial charge in [0.1, 0.15) is 0 Å². The molecule has 0 saturated heterocycles. The molecule has 0 saturated carbocycles. The van der Waals surface area contributed by atoms with Crippen molar-refractivity contribution in [2.75, 3.05) is 0 Å². The van der Waals surface area contributed by atoms with Crippen molar-refractivity contribution in [3.05, 3.63) is 24.3 Å². The molecule has 1 heteroatoms. The first-order valence-electron chi connectivity index (χ1n) is 3.28. The van der Waals surface area contributed by atoms with Crippen LogP contribution in [0.1, 0.15) is 19.3 Å². The molecule has 1 unspecified atom stereocenters. The van der Waals surface area contributed by atoms with Crippen LogP contribution in [0.25, 0.3) is 0 Å². The Labute approximate surface area is 70.2 Å². The Morgan fingerprint density at radius 1 is 1.78 bits per heavy atom. The van der Waals surface area contributed by atoms with Crippen LogP contribution >= 0.6 is 22.6 Å². The van der Waals surface area contributed by atoms with Gasteiger partial charge in [-0.15, -0.1) is 0 Å². The largest absolute Gasteiger partial charge is 0.0988 e. The summed E-state index contributed by atoms with van der Waals surface area (Å²) in [5.74, 6) is 0. The van der Waals surface area contributed by atoms with Crippen LogP contribution in [0.3, 0.4) is 0 Å². The zero-order valence-corrected chi connectivity index (χ0v) is 7.60. The highest BCUT2D eigenvalue weighted by Crippen LogP contribution is 2.23. The topological polar surface area (TPSA) is 0 Å². The average Bonchev–Trinajstić information content (AvgIpc) is 1.90. The number of hydrogen-bond donors (Lipinski definition) is 0. The zero-order chi connectivity index (χ0) is 6.69. The molecule has 0 N–H and O–H groups in total. The Hall–Kier alpha value is 0.210. The Kier molecular flexibility index (Phi) is 2.76. The van der Waals surface area contributed by atoms with Gasteiger partial charge in [-0.25, -0.2) is 0 Å². The summed E-state index contributed by atoms with van der Waals surface area (Å²) in [7, 11) is 0. The summed E-state index contributed by atoms with van der Waals surface area (Å²) in [6, 6.07) is 0. The van der Waals surface area contributed by atoms with Gasteiger partial charge in [-0.05, 0) is 19.3 Å².